The molecule has 0 aliphatic heterocycles. The molecule has 0 saturated heterocycles. The summed E-state index contributed by atoms with van der Waals surface area (Å²) in [6, 6.07) is 0. The third-order valence-electron chi connectivity index (χ3n) is 2.56. The van der Waals surface area contributed by atoms with Crippen LogP contribution in [0.25, 0.3) is 0 Å². The SMILES string of the molecule is C/C=C(\C)C1=C(CC)CCC=C1. The highest BCUT2D eigenvalue weighted by Gasteiger charge is 2.06. The van der Waals surface area contributed by atoms with Gasteiger partial charge in [-0.25, -0.2) is 0 Å². The van der Waals surface area contributed by atoms with Gasteiger partial charge in [0.1, 0.15) is 0 Å². The van der Waals surface area contributed by atoms with Crippen molar-refractivity contribution >= 4 is 0 Å². The van der Waals surface area contributed by atoms with Crippen molar-refractivity contribution in [2.75, 3.05) is 0 Å². The van der Waals surface area contributed by atoms with Gasteiger partial charge in [0.15, 0.2) is 0 Å². The second-order valence-electron chi connectivity index (χ2n) is 3.28. The predicted molar refractivity (Wildman–Crippen MR) is 55.1 cm³/mol. The largest absolute Gasteiger partial charge is 0.0841 e. The Morgan fingerprint density at radius 1 is 1.58 bits per heavy atom. The zero-order chi connectivity index (χ0) is 8.97. The van der Waals surface area contributed by atoms with Crippen LogP contribution in [0.2, 0.25) is 0 Å². The maximum absolute atomic E-state index is 2.28. The van der Waals surface area contributed by atoms with Crippen LogP contribution in [0, 0.1) is 0 Å². The summed E-state index contributed by atoms with van der Waals surface area (Å²) in [5.74, 6) is 0. The maximum Gasteiger partial charge on any atom is -0.0242 e. The third kappa shape index (κ3) is 1.88. The van der Waals surface area contributed by atoms with Crippen LogP contribution in [-0.4, -0.2) is 0 Å². The van der Waals surface area contributed by atoms with E-state index in [4.69, 9.17) is 0 Å². The molecule has 0 fully saturated rings. The summed E-state index contributed by atoms with van der Waals surface area (Å²) in [6.45, 7) is 6.55. The number of rotatable bonds is 2. The van der Waals surface area contributed by atoms with Crippen molar-refractivity contribution in [1.29, 1.82) is 0 Å². The lowest BCUT2D eigenvalue weighted by Crippen LogP contribution is -1.95. The summed E-state index contributed by atoms with van der Waals surface area (Å²) in [4.78, 5) is 0. The Morgan fingerprint density at radius 3 is 2.92 bits per heavy atom. The predicted octanol–water partition coefficient (Wildman–Crippen LogP) is 4.01. The molecule has 0 amide bonds. The van der Waals surface area contributed by atoms with Crippen LogP contribution in [0.5, 0.6) is 0 Å². The van der Waals surface area contributed by atoms with Crippen molar-refractivity contribution in [3.8, 4) is 0 Å². The van der Waals surface area contributed by atoms with Gasteiger partial charge < -0.3 is 0 Å². The molecule has 0 nitrogen and oxygen atoms in total. The van der Waals surface area contributed by atoms with Gasteiger partial charge in [-0.3, -0.25) is 0 Å². The van der Waals surface area contributed by atoms with Gasteiger partial charge in [0.25, 0.3) is 0 Å². The van der Waals surface area contributed by atoms with Crippen molar-refractivity contribution in [2.24, 2.45) is 0 Å². The number of hydrogen-bond acceptors (Lipinski definition) is 0. The van der Waals surface area contributed by atoms with Crippen LogP contribution < -0.4 is 0 Å². The molecule has 0 N–H and O–H groups in total. The fourth-order valence-corrected chi connectivity index (χ4v) is 1.64. The maximum atomic E-state index is 2.28. The van der Waals surface area contributed by atoms with Crippen molar-refractivity contribution in [2.45, 2.75) is 40.0 Å². The van der Waals surface area contributed by atoms with Crippen LogP contribution in [0.4, 0.5) is 0 Å². The van der Waals surface area contributed by atoms with Gasteiger partial charge in [-0.1, -0.05) is 30.7 Å². The van der Waals surface area contributed by atoms with E-state index in [0.29, 0.717) is 0 Å². The lowest BCUT2D eigenvalue weighted by atomic mass is 9.91. The monoisotopic (exact) mass is 162 g/mol. The molecule has 0 aromatic heterocycles. The summed E-state index contributed by atoms with van der Waals surface area (Å²) in [7, 11) is 0. The molecule has 0 aromatic rings. The Morgan fingerprint density at radius 2 is 2.33 bits per heavy atom. The van der Waals surface area contributed by atoms with Crippen molar-refractivity contribution in [3.63, 3.8) is 0 Å². The van der Waals surface area contributed by atoms with Crippen LogP contribution in [0.15, 0.2) is 34.9 Å². The highest BCUT2D eigenvalue weighted by atomic mass is 14.1. The molecule has 0 heteroatoms. The first-order valence-electron chi connectivity index (χ1n) is 4.81. The van der Waals surface area contributed by atoms with Crippen LogP contribution in [0.3, 0.4) is 0 Å². The smallest absolute Gasteiger partial charge is 0.0242 e. The summed E-state index contributed by atoms with van der Waals surface area (Å²) in [6.07, 6.45) is 10.4. The molecule has 1 aliphatic rings. The fourth-order valence-electron chi connectivity index (χ4n) is 1.64. The van der Waals surface area contributed by atoms with Gasteiger partial charge in [0.05, 0.1) is 0 Å². The van der Waals surface area contributed by atoms with E-state index in [-0.39, 0.29) is 0 Å². The van der Waals surface area contributed by atoms with E-state index in [2.05, 4.69) is 39.0 Å². The highest BCUT2D eigenvalue weighted by Crippen LogP contribution is 2.26. The van der Waals surface area contributed by atoms with Gasteiger partial charge in [-0.2, -0.15) is 0 Å². The molecule has 0 heterocycles. The van der Waals surface area contributed by atoms with Crippen LogP contribution in [0.1, 0.15) is 40.0 Å². The molecule has 0 bridgehead atoms. The summed E-state index contributed by atoms with van der Waals surface area (Å²) >= 11 is 0. The standard InChI is InChI=1S/C12H18/c1-4-10(3)12-9-7-6-8-11(12)5-2/h4,7,9H,5-6,8H2,1-3H3/b10-4+. The number of hydrogen-bond donors (Lipinski definition) is 0. The molecule has 0 saturated carbocycles. The Hall–Kier alpha value is -0.780. The lowest BCUT2D eigenvalue weighted by molar-refractivity contribution is 0.877. The molecule has 0 radical (unpaired) electrons. The van der Waals surface area contributed by atoms with E-state index >= 15 is 0 Å². The number of allylic oxidation sites excluding steroid dienone is 6. The van der Waals surface area contributed by atoms with E-state index in [1.54, 1.807) is 5.57 Å². The van der Waals surface area contributed by atoms with Gasteiger partial charge in [-0.15, -0.1) is 0 Å². The second kappa shape index (κ2) is 4.30. The van der Waals surface area contributed by atoms with Crippen LogP contribution >= 0.6 is 0 Å². The molecule has 0 unspecified atom stereocenters. The quantitative estimate of drug-likeness (QED) is 0.575. The Kier molecular flexibility index (Phi) is 3.33. The lowest BCUT2D eigenvalue weighted by Gasteiger charge is -2.14. The Bertz CT molecular complexity index is 239. The van der Waals surface area contributed by atoms with Gasteiger partial charge >= 0.3 is 0 Å². The minimum absolute atomic E-state index is 1.20. The molecule has 66 valence electrons. The van der Waals surface area contributed by atoms with Crippen molar-refractivity contribution in [3.05, 3.63) is 34.9 Å². The topological polar surface area (TPSA) is 0 Å². The van der Waals surface area contributed by atoms with Gasteiger partial charge in [0.2, 0.25) is 0 Å². The zero-order valence-electron chi connectivity index (χ0n) is 8.35. The third-order valence-corrected chi connectivity index (χ3v) is 2.56. The average Bonchev–Trinajstić information content (AvgIpc) is 2.16. The average molecular weight is 162 g/mol. The zero-order valence-corrected chi connectivity index (χ0v) is 8.35. The van der Waals surface area contributed by atoms with E-state index < -0.39 is 0 Å². The second-order valence-corrected chi connectivity index (χ2v) is 3.28. The summed E-state index contributed by atoms with van der Waals surface area (Å²) < 4.78 is 0. The molecule has 0 spiro atoms. The van der Waals surface area contributed by atoms with Gasteiger partial charge in [-0.05, 0) is 44.3 Å². The van der Waals surface area contributed by atoms with Crippen molar-refractivity contribution in [1.82, 2.24) is 0 Å². The van der Waals surface area contributed by atoms with Crippen LogP contribution in [-0.2, 0) is 0 Å². The van der Waals surface area contributed by atoms with Crippen molar-refractivity contribution < 1.29 is 0 Å². The van der Waals surface area contributed by atoms with E-state index in [9.17, 15) is 0 Å². The Balaban J connectivity index is 2.96. The molecule has 1 aliphatic carbocycles. The van der Waals surface area contributed by atoms with E-state index in [1.165, 1.54) is 30.4 Å². The van der Waals surface area contributed by atoms with E-state index in [0.717, 1.165) is 0 Å². The first-order chi connectivity index (χ1) is 5.79. The summed E-state index contributed by atoms with van der Waals surface area (Å²) in [5, 5.41) is 0. The first-order valence-corrected chi connectivity index (χ1v) is 4.81. The minimum atomic E-state index is 1.20. The fraction of sp³-hybridized carbons (Fsp3) is 0.500. The molecular weight excluding hydrogens is 144 g/mol. The Labute approximate surface area is 75.7 Å². The molecular formula is C12H18. The summed E-state index contributed by atoms with van der Waals surface area (Å²) in [5.41, 5.74) is 4.52. The molecule has 1 rings (SSSR count). The van der Waals surface area contributed by atoms with E-state index in [1.807, 2.05) is 0 Å². The molecule has 0 atom stereocenters. The highest BCUT2D eigenvalue weighted by molar-refractivity contribution is 5.43. The molecule has 12 heavy (non-hydrogen) atoms. The first kappa shape index (κ1) is 9.31. The van der Waals surface area contributed by atoms with Gasteiger partial charge in [0, 0.05) is 0 Å². The normalized spacial score (nSPS) is 18.8. The minimum Gasteiger partial charge on any atom is -0.0841 e. The molecule has 0 aromatic carbocycles.